The largest absolute Gasteiger partial charge is 0.497 e. The quantitative estimate of drug-likeness (QED) is 0.331. The van der Waals surface area contributed by atoms with Crippen LogP contribution in [0.2, 0.25) is 0 Å². The average molecular weight is 509 g/mol. The SMILES string of the molecule is COc1ccc(-c2cc(N3CCN(C(=O)COc4ccc(C(=O)c5ccccc5)cc4)CC3)ncn2)cc1. The smallest absolute Gasteiger partial charge is 0.260 e. The third-order valence-electron chi connectivity index (χ3n) is 6.51. The van der Waals surface area contributed by atoms with Gasteiger partial charge in [-0.15, -0.1) is 0 Å². The predicted octanol–water partition coefficient (Wildman–Crippen LogP) is 4.11. The summed E-state index contributed by atoms with van der Waals surface area (Å²) >= 11 is 0. The van der Waals surface area contributed by atoms with Crippen LogP contribution in [0, 0.1) is 0 Å². The molecule has 0 aliphatic carbocycles. The van der Waals surface area contributed by atoms with Gasteiger partial charge in [-0.05, 0) is 48.5 Å². The van der Waals surface area contributed by atoms with E-state index in [9.17, 15) is 9.59 Å². The van der Waals surface area contributed by atoms with Gasteiger partial charge in [0.25, 0.3) is 5.91 Å². The minimum absolute atomic E-state index is 0.0501. The molecule has 0 spiro atoms. The maximum Gasteiger partial charge on any atom is 0.260 e. The summed E-state index contributed by atoms with van der Waals surface area (Å²) in [4.78, 5) is 38.1. The highest BCUT2D eigenvalue weighted by Gasteiger charge is 2.22. The first-order valence-electron chi connectivity index (χ1n) is 12.4. The maximum atomic E-state index is 12.8. The van der Waals surface area contributed by atoms with E-state index in [2.05, 4.69) is 14.9 Å². The number of hydrogen-bond acceptors (Lipinski definition) is 7. The molecule has 8 nitrogen and oxygen atoms in total. The first-order valence-corrected chi connectivity index (χ1v) is 12.4. The number of carbonyl (C=O) groups is 2. The Labute approximate surface area is 221 Å². The number of carbonyl (C=O) groups excluding carboxylic acids is 2. The summed E-state index contributed by atoms with van der Waals surface area (Å²) in [7, 11) is 1.64. The highest BCUT2D eigenvalue weighted by molar-refractivity contribution is 6.09. The molecule has 2 heterocycles. The number of benzene rings is 3. The lowest BCUT2D eigenvalue weighted by Crippen LogP contribution is -2.50. The molecule has 0 radical (unpaired) electrons. The zero-order valence-corrected chi connectivity index (χ0v) is 21.1. The van der Waals surface area contributed by atoms with Gasteiger partial charge in [-0.2, -0.15) is 0 Å². The Hall–Kier alpha value is -4.72. The van der Waals surface area contributed by atoms with Gasteiger partial charge in [0.1, 0.15) is 23.6 Å². The zero-order chi connectivity index (χ0) is 26.3. The van der Waals surface area contributed by atoms with E-state index in [1.54, 1.807) is 54.7 Å². The van der Waals surface area contributed by atoms with E-state index in [-0.39, 0.29) is 18.3 Å². The van der Waals surface area contributed by atoms with Gasteiger partial charge in [0.15, 0.2) is 12.4 Å². The summed E-state index contributed by atoms with van der Waals surface area (Å²) in [5.41, 5.74) is 3.03. The van der Waals surface area contributed by atoms with E-state index < -0.39 is 0 Å². The average Bonchev–Trinajstić information content (AvgIpc) is 3.00. The molecule has 8 heteroatoms. The van der Waals surface area contributed by atoms with Crippen LogP contribution in [0.1, 0.15) is 15.9 Å². The summed E-state index contributed by atoms with van der Waals surface area (Å²) in [6.45, 7) is 2.44. The number of methoxy groups -OCH3 is 1. The predicted molar refractivity (Wildman–Crippen MR) is 145 cm³/mol. The van der Waals surface area contributed by atoms with Gasteiger partial charge in [-0.1, -0.05) is 30.3 Å². The molecule has 3 aromatic carbocycles. The van der Waals surface area contributed by atoms with Crippen LogP contribution in [0.4, 0.5) is 5.82 Å². The van der Waals surface area contributed by atoms with Gasteiger partial charge in [0.05, 0.1) is 12.8 Å². The Morgan fingerprint density at radius 3 is 2.13 bits per heavy atom. The summed E-state index contributed by atoms with van der Waals surface area (Å²) in [5.74, 6) is 2.05. The second kappa shape index (κ2) is 11.6. The van der Waals surface area contributed by atoms with E-state index in [1.165, 1.54) is 0 Å². The third-order valence-corrected chi connectivity index (χ3v) is 6.51. The number of aromatic nitrogens is 2. The standard InChI is InChI=1S/C30H28N4O4/c1-37-25-11-7-22(8-12-25)27-19-28(32-21-31-27)33-15-17-34(18-16-33)29(35)20-38-26-13-9-24(10-14-26)30(36)23-5-3-2-4-6-23/h2-14,19,21H,15-18,20H2,1H3. The number of nitrogens with zero attached hydrogens (tertiary/aromatic N) is 4. The molecule has 1 saturated heterocycles. The molecular formula is C30H28N4O4. The number of amides is 1. The van der Waals surface area contributed by atoms with Crippen LogP contribution in [0.5, 0.6) is 11.5 Å². The van der Waals surface area contributed by atoms with Crippen molar-refractivity contribution in [1.82, 2.24) is 14.9 Å². The van der Waals surface area contributed by atoms with Crippen LogP contribution in [0.3, 0.4) is 0 Å². The highest BCUT2D eigenvalue weighted by Crippen LogP contribution is 2.24. The van der Waals surface area contributed by atoms with E-state index in [0.29, 0.717) is 43.1 Å². The number of piperazine rings is 1. The van der Waals surface area contributed by atoms with Gasteiger partial charge in [-0.3, -0.25) is 9.59 Å². The molecular weight excluding hydrogens is 480 g/mol. The fourth-order valence-corrected chi connectivity index (χ4v) is 4.32. The Bertz CT molecular complexity index is 1380. The number of hydrogen-bond donors (Lipinski definition) is 0. The molecule has 1 aliphatic rings. The molecule has 4 aromatic rings. The molecule has 0 bridgehead atoms. The lowest BCUT2D eigenvalue weighted by atomic mass is 10.0. The van der Waals surface area contributed by atoms with Gasteiger partial charge in [0.2, 0.25) is 0 Å². The second-order valence-electron chi connectivity index (χ2n) is 8.87. The third kappa shape index (κ3) is 5.81. The number of ether oxygens (including phenoxy) is 2. The van der Waals surface area contributed by atoms with Crippen molar-refractivity contribution in [1.29, 1.82) is 0 Å². The van der Waals surface area contributed by atoms with E-state index in [1.807, 2.05) is 48.5 Å². The molecule has 1 fully saturated rings. The zero-order valence-electron chi connectivity index (χ0n) is 21.1. The van der Waals surface area contributed by atoms with Gasteiger partial charge in [-0.25, -0.2) is 9.97 Å². The van der Waals surface area contributed by atoms with Crippen molar-refractivity contribution in [3.05, 3.63) is 102 Å². The molecule has 0 unspecified atom stereocenters. The van der Waals surface area contributed by atoms with E-state index >= 15 is 0 Å². The number of anilines is 1. The van der Waals surface area contributed by atoms with Crippen molar-refractivity contribution < 1.29 is 19.1 Å². The number of ketones is 1. The highest BCUT2D eigenvalue weighted by atomic mass is 16.5. The van der Waals surface area contributed by atoms with Crippen LogP contribution in [0.15, 0.2) is 91.3 Å². The molecule has 0 saturated carbocycles. The van der Waals surface area contributed by atoms with Crippen LogP contribution >= 0.6 is 0 Å². The topological polar surface area (TPSA) is 84.9 Å². The lowest BCUT2D eigenvalue weighted by Gasteiger charge is -2.35. The Morgan fingerprint density at radius 1 is 0.789 bits per heavy atom. The second-order valence-corrected chi connectivity index (χ2v) is 8.87. The molecule has 38 heavy (non-hydrogen) atoms. The molecule has 1 aliphatic heterocycles. The Morgan fingerprint density at radius 2 is 1.45 bits per heavy atom. The van der Waals surface area contributed by atoms with Crippen molar-refractivity contribution >= 4 is 17.5 Å². The Kier molecular flexibility index (Phi) is 7.59. The van der Waals surface area contributed by atoms with Crippen molar-refractivity contribution in [2.75, 3.05) is 44.8 Å². The summed E-state index contributed by atoms with van der Waals surface area (Å²) in [6.07, 6.45) is 1.57. The lowest BCUT2D eigenvalue weighted by molar-refractivity contribution is -0.133. The molecule has 1 aromatic heterocycles. The van der Waals surface area contributed by atoms with Crippen LogP contribution in [-0.2, 0) is 4.79 Å². The minimum Gasteiger partial charge on any atom is -0.497 e. The van der Waals surface area contributed by atoms with Crippen LogP contribution < -0.4 is 14.4 Å². The van der Waals surface area contributed by atoms with Crippen molar-refractivity contribution in [2.24, 2.45) is 0 Å². The number of rotatable bonds is 8. The summed E-state index contributed by atoms with van der Waals surface area (Å²) < 4.78 is 10.9. The molecule has 1 amide bonds. The van der Waals surface area contributed by atoms with Crippen LogP contribution in [-0.4, -0.2) is 66.5 Å². The van der Waals surface area contributed by atoms with Crippen molar-refractivity contribution in [3.8, 4) is 22.8 Å². The van der Waals surface area contributed by atoms with E-state index in [4.69, 9.17) is 9.47 Å². The van der Waals surface area contributed by atoms with Crippen molar-refractivity contribution in [2.45, 2.75) is 0 Å². The first-order chi connectivity index (χ1) is 18.6. The van der Waals surface area contributed by atoms with Gasteiger partial charge < -0.3 is 19.3 Å². The molecule has 192 valence electrons. The van der Waals surface area contributed by atoms with Crippen molar-refractivity contribution in [3.63, 3.8) is 0 Å². The van der Waals surface area contributed by atoms with Crippen LogP contribution in [0.25, 0.3) is 11.3 Å². The van der Waals surface area contributed by atoms with Gasteiger partial charge in [0, 0.05) is 48.9 Å². The Balaban J connectivity index is 1.12. The summed E-state index contributed by atoms with van der Waals surface area (Å²) in [6, 6.07) is 25.7. The maximum absolute atomic E-state index is 12.8. The molecule has 0 N–H and O–H groups in total. The fraction of sp³-hybridized carbons (Fsp3) is 0.200. The fourth-order valence-electron chi connectivity index (χ4n) is 4.32. The minimum atomic E-state index is -0.0734. The first kappa shape index (κ1) is 25.0. The molecule has 0 atom stereocenters. The molecule has 5 rings (SSSR count). The summed E-state index contributed by atoms with van der Waals surface area (Å²) in [5, 5.41) is 0. The monoisotopic (exact) mass is 508 g/mol. The van der Waals surface area contributed by atoms with Gasteiger partial charge >= 0.3 is 0 Å². The van der Waals surface area contributed by atoms with E-state index in [0.717, 1.165) is 22.8 Å². The normalized spacial score (nSPS) is 13.2.